The van der Waals surface area contributed by atoms with Crippen LogP contribution in [-0.2, 0) is 4.79 Å². The zero-order valence-corrected chi connectivity index (χ0v) is 7.68. The normalized spacial score (nSPS) is 54.9. The molecule has 0 saturated heterocycles. The Morgan fingerprint density at radius 1 is 1.17 bits per heavy atom. The van der Waals surface area contributed by atoms with Gasteiger partial charge in [0.15, 0.2) is 0 Å². The van der Waals surface area contributed by atoms with Gasteiger partial charge in [0.05, 0.1) is 0 Å². The number of hydrogen-bond donors (Lipinski definition) is 0. The van der Waals surface area contributed by atoms with Crippen LogP contribution in [-0.4, -0.2) is 5.78 Å². The highest BCUT2D eigenvalue weighted by atomic mass is 16.1. The Bertz CT molecular complexity index is 229. The SMILES string of the molecule is CC(=O)C12C[C@@H]3CC1C[C@@H](C3)C2. The lowest BCUT2D eigenvalue weighted by molar-refractivity contribution is -0.128. The second-order valence-electron chi connectivity index (χ2n) is 5.26. The third-order valence-corrected chi connectivity index (χ3v) is 4.69. The molecule has 4 rings (SSSR count). The molecule has 1 nitrogen and oxygen atoms in total. The van der Waals surface area contributed by atoms with Gasteiger partial charge in [-0.2, -0.15) is 0 Å². The number of ketones is 1. The molecule has 12 heavy (non-hydrogen) atoms. The van der Waals surface area contributed by atoms with Crippen LogP contribution in [0.25, 0.3) is 0 Å². The minimum atomic E-state index is 0.188. The monoisotopic (exact) mass is 164 g/mol. The molecular weight excluding hydrogens is 148 g/mol. The number of rotatable bonds is 1. The van der Waals surface area contributed by atoms with Crippen molar-refractivity contribution in [1.29, 1.82) is 0 Å². The number of hydrogen-bond acceptors (Lipinski definition) is 1. The van der Waals surface area contributed by atoms with Crippen molar-refractivity contribution in [2.24, 2.45) is 23.2 Å². The largest absolute Gasteiger partial charge is 0.299 e. The first-order valence-electron chi connectivity index (χ1n) is 5.22. The van der Waals surface area contributed by atoms with Gasteiger partial charge in [0.1, 0.15) is 5.78 Å². The highest BCUT2D eigenvalue weighted by molar-refractivity contribution is 5.83. The van der Waals surface area contributed by atoms with Gasteiger partial charge < -0.3 is 0 Å². The maximum absolute atomic E-state index is 11.6. The van der Waals surface area contributed by atoms with E-state index in [4.69, 9.17) is 0 Å². The average Bonchev–Trinajstić information content (AvgIpc) is 2.37. The highest BCUT2D eigenvalue weighted by Gasteiger charge is 2.59. The molecule has 4 atom stereocenters. The second-order valence-corrected chi connectivity index (χ2v) is 5.26. The Labute approximate surface area is 73.5 Å². The molecule has 0 spiro atoms. The first kappa shape index (κ1) is 7.11. The van der Waals surface area contributed by atoms with Gasteiger partial charge in [-0.3, -0.25) is 4.79 Å². The minimum absolute atomic E-state index is 0.188. The molecule has 1 heteroatoms. The van der Waals surface area contributed by atoms with E-state index in [0.29, 0.717) is 5.78 Å². The van der Waals surface area contributed by atoms with Gasteiger partial charge in [-0.25, -0.2) is 0 Å². The maximum Gasteiger partial charge on any atom is 0.136 e. The van der Waals surface area contributed by atoms with Crippen LogP contribution >= 0.6 is 0 Å². The van der Waals surface area contributed by atoms with Gasteiger partial charge in [0.2, 0.25) is 0 Å². The molecule has 0 aliphatic heterocycles. The van der Waals surface area contributed by atoms with Crippen molar-refractivity contribution >= 4 is 5.78 Å². The van der Waals surface area contributed by atoms with Crippen molar-refractivity contribution in [2.45, 2.75) is 39.0 Å². The standard InChI is InChI=1S/C11H16O/c1-7(12)11-5-8-2-9(6-11)4-10(11)3-8/h8-10H,2-6H2,1H3/t8-,9+,10?,11?. The van der Waals surface area contributed by atoms with Gasteiger partial charge >= 0.3 is 0 Å². The van der Waals surface area contributed by atoms with Gasteiger partial charge in [-0.15, -0.1) is 0 Å². The summed E-state index contributed by atoms with van der Waals surface area (Å²) in [5.74, 6) is 3.13. The van der Waals surface area contributed by atoms with E-state index in [-0.39, 0.29) is 5.41 Å². The van der Waals surface area contributed by atoms with Crippen LogP contribution in [0.15, 0.2) is 0 Å². The van der Waals surface area contributed by atoms with Crippen LogP contribution < -0.4 is 0 Å². The lowest BCUT2D eigenvalue weighted by atomic mass is 9.73. The van der Waals surface area contributed by atoms with Gasteiger partial charge in [0.25, 0.3) is 0 Å². The molecule has 4 saturated carbocycles. The van der Waals surface area contributed by atoms with Gasteiger partial charge in [-0.05, 0) is 56.8 Å². The van der Waals surface area contributed by atoms with Crippen LogP contribution in [0.1, 0.15) is 39.0 Å². The average molecular weight is 164 g/mol. The summed E-state index contributed by atoms with van der Waals surface area (Å²) in [5, 5.41) is 0. The molecule has 4 fully saturated rings. The van der Waals surface area contributed by atoms with Crippen LogP contribution in [0.2, 0.25) is 0 Å². The Kier molecular flexibility index (Phi) is 1.15. The molecular formula is C11H16O. The molecule has 4 aliphatic carbocycles. The van der Waals surface area contributed by atoms with E-state index in [2.05, 4.69) is 0 Å². The molecule has 66 valence electrons. The molecule has 0 amide bonds. The quantitative estimate of drug-likeness (QED) is 0.581. The first-order valence-corrected chi connectivity index (χ1v) is 5.22. The third kappa shape index (κ3) is 0.641. The summed E-state index contributed by atoms with van der Waals surface area (Å²) in [4.78, 5) is 11.6. The smallest absolute Gasteiger partial charge is 0.136 e. The molecule has 4 aliphatic rings. The topological polar surface area (TPSA) is 17.1 Å². The second kappa shape index (κ2) is 1.94. The zero-order valence-electron chi connectivity index (χ0n) is 7.68. The number of carbonyl (C=O) groups excluding carboxylic acids is 1. The molecule has 0 aromatic rings. The molecule has 0 heterocycles. The molecule has 2 unspecified atom stereocenters. The third-order valence-electron chi connectivity index (χ3n) is 4.69. The predicted molar refractivity (Wildman–Crippen MR) is 46.7 cm³/mol. The lowest BCUT2D eigenvalue weighted by Crippen LogP contribution is -2.30. The lowest BCUT2D eigenvalue weighted by Gasteiger charge is -2.30. The Hall–Kier alpha value is -0.330. The van der Waals surface area contributed by atoms with E-state index in [1.54, 1.807) is 0 Å². The molecule has 0 aromatic carbocycles. The summed E-state index contributed by atoms with van der Waals surface area (Å²) in [5.41, 5.74) is 0.188. The fourth-order valence-corrected chi connectivity index (χ4v) is 4.37. The van der Waals surface area contributed by atoms with E-state index < -0.39 is 0 Å². The van der Waals surface area contributed by atoms with E-state index in [9.17, 15) is 4.79 Å². The van der Waals surface area contributed by atoms with Gasteiger partial charge in [-0.1, -0.05) is 0 Å². The molecule has 4 bridgehead atoms. The molecule has 0 radical (unpaired) electrons. The van der Waals surface area contributed by atoms with Crippen LogP contribution in [0.3, 0.4) is 0 Å². The van der Waals surface area contributed by atoms with E-state index in [0.717, 1.165) is 17.8 Å². The Balaban J connectivity index is 2.03. The summed E-state index contributed by atoms with van der Waals surface area (Å²) in [7, 11) is 0. The van der Waals surface area contributed by atoms with Crippen LogP contribution in [0.5, 0.6) is 0 Å². The van der Waals surface area contributed by atoms with E-state index >= 15 is 0 Å². The maximum atomic E-state index is 11.6. The summed E-state index contributed by atoms with van der Waals surface area (Å²) in [6.07, 6.45) is 6.66. The van der Waals surface area contributed by atoms with E-state index in [1.165, 1.54) is 32.1 Å². The Morgan fingerprint density at radius 2 is 1.75 bits per heavy atom. The fraction of sp³-hybridized carbons (Fsp3) is 0.909. The summed E-state index contributed by atoms with van der Waals surface area (Å²) in [6.45, 7) is 1.82. The van der Waals surface area contributed by atoms with Crippen LogP contribution in [0, 0.1) is 23.2 Å². The first-order chi connectivity index (χ1) is 5.71. The molecule has 0 aromatic heterocycles. The number of carbonyl (C=O) groups is 1. The van der Waals surface area contributed by atoms with Crippen molar-refractivity contribution in [2.75, 3.05) is 0 Å². The minimum Gasteiger partial charge on any atom is -0.299 e. The molecule has 0 N–H and O–H groups in total. The number of Topliss-reactive ketones (excluding diaryl/α,β-unsaturated/α-hetero) is 1. The predicted octanol–water partition coefficient (Wildman–Crippen LogP) is 2.40. The van der Waals surface area contributed by atoms with Crippen molar-refractivity contribution < 1.29 is 4.79 Å². The summed E-state index contributed by atoms with van der Waals surface area (Å²) >= 11 is 0. The van der Waals surface area contributed by atoms with E-state index in [1.807, 2.05) is 6.92 Å². The Morgan fingerprint density at radius 3 is 2.17 bits per heavy atom. The van der Waals surface area contributed by atoms with Crippen LogP contribution in [0.4, 0.5) is 0 Å². The van der Waals surface area contributed by atoms with Crippen molar-refractivity contribution in [3.8, 4) is 0 Å². The van der Waals surface area contributed by atoms with Crippen molar-refractivity contribution in [3.05, 3.63) is 0 Å². The van der Waals surface area contributed by atoms with Crippen molar-refractivity contribution in [1.82, 2.24) is 0 Å². The highest BCUT2D eigenvalue weighted by Crippen LogP contribution is 2.65. The van der Waals surface area contributed by atoms with Crippen molar-refractivity contribution in [3.63, 3.8) is 0 Å². The summed E-state index contributed by atoms with van der Waals surface area (Å²) < 4.78 is 0. The van der Waals surface area contributed by atoms with Gasteiger partial charge in [0, 0.05) is 5.41 Å². The zero-order chi connectivity index (χ0) is 8.34. The fourth-order valence-electron chi connectivity index (χ4n) is 4.37. The summed E-state index contributed by atoms with van der Waals surface area (Å²) in [6, 6.07) is 0.